The molecule has 0 aliphatic heterocycles. The number of nitrogens with zero attached hydrogens (tertiary/aromatic N) is 2. The van der Waals surface area contributed by atoms with Crippen LogP contribution in [-0.4, -0.2) is 23.5 Å². The number of rotatable bonds is 6. The van der Waals surface area contributed by atoms with Gasteiger partial charge in [-0.15, -0.1) is 0 Å². The Balaban J connectivity index is 1.58. The Hall–Kier alpha value is -2.43. The molecule has 5 heteroatoms. The summed E-state index contributed by atoms with van der Waals surface area (Å²) in [6.07, 6.45) is 4.28. The summed E-state index contributed by atoms with van der Waals surface area (Å²) in [5, 5.41) is 2.82. The van der Waals surface area contributed by atoms with Crippen LogP contribution in [0.3, 0.4) is 0 Å². The average Bonchev–Trinajstić information content (AvgIpc) is 3.40. The van der Waals surface area contributed by atoms with E-state index in [0.717, 1.165) is 17.9 Å². The largest absolute Gasteiger partial charge is 0.354 e. The topological polar surface area (TPSA) is 45.2 Å². The minimum atomic E-state index is -0.350. The summed E-state index contributed by atoms with van der Waals surface area (Å²) in [7, 11) is 0. The fraction of sp³-hybridized carbons (Fsp3) is 0.333. The van der Waals surface area contributed by atoms with Crippen LogP contribution in [0.15, 0.2) is 42.6 Å². The van der Waals surface area contributed by atoms with Gasteiger partial charge in [0.05, 0.1) is 0 Å². The Kier molecular flexibility index (Phi) is 4.55. The lowest BCUT2D eigenvalue weighted by Crippen LogP contribution is -2.26. The summed E-state index contributed by atoms with van der Waals surface area (Å²) in [5.41, 5.74) is 1.39. The van der Waals surface area contributed by atoms with Gasteiger partial charge in [-0.1, -0.05) is 6.07 Å². The molecule has 0 bridgehead atoms. The van der Waals surface area contributed by atoms with E-state index in [2.05, 4.69) is 22.1 Å². The highest BCUT2D eigenvalue weighted by Crippen LogP contribution is 2.30. The molecule has 0 saturated heterocycles. The van der Waals surface area contributed by atoms with Crippen molar-refractivity contribution in [3.8, 4) is 0 Å². The minimum Gasteiger partial charge on any atom is -0.354 e. The minimum absolute atomic E-state index is 0.220. The summed E-state index contributed by atoms with van der Waals surface area (Å²) in [6, 6.07) is 10.1. The molecule has 0 atom stereocenters. The van der Waals surface area contributed by atoms with Gasteiger partial charge in [-0.05, 0) is 55.7 Å². The molecule has 2 aromatic rings. The number of nitrogens with one attached hydrogen (secondary N) is 1. The molecule has 1 amide bonds. The van der Waals surface area contributed by atoms with Crippen LogP contribution < -0.4 is 10.2 Å². The summed E-state index contributed by atoms with van der Waals surface area (Å²) in [5.74, 6) is 0.420. The van der Waals surface area contributed by atoms with Gasteiger partial charge in [0.1, 0.15) is 11.6 Å². The van der Waals surface area contributed by atoms with Crippen molar-refractivity contribution in [1.29, 1.82) is 0 Å². The van der Waals surface area contributed by atoms with E-state index in [9.17, 15) is 9.18 Å². The Bertz CT molecular complexity index is 666. The van der Waals surface area contributed by atoms with Crippen molar-refractivity contribution < 1.29 is 9.18 Å². The van der Waals surface area contributed by atoms with E-state index in [1.54, 1.807) is 6.20 Å². The summed E-state index contributed by atoms with van der Waals surface area (Å²) in [4.78, 5) is 18.8. The van der Waals surface area contributed by atoms with E-state index in [1.807, 2.05) is 12.1 Å². The summed E-state index contributed by atoms with van der Waals surface area (Å²) in [6.45, 7) is 3.49. The fourth-order valence-corrected chi connectivity index (χ4v) is 2.57. The van der Waals surface area contributed by atoms with Crippen molar-refractivity contribution in [2.45, 2.75) is 32.4 Å². The number of pyridine rings is 1. The number of benzene rings is 1. The van der Waals surface area contributed by atoms with E-state index < -0.39 is 0 Å². The second-order valence-corrected chi connectivity index (χ2v) is 5.73. The lowest BCUT2D eigenvalue weighted by Gasteiger charge is -2.21. The lowest BCUT2D eigenvalue weighted by molar-refractivity contribution is 0.0951. The predicted molar refractivity (Wildman–Crippen MR) is 87.8 cm³/mol. The van der Waals surface area contributed by atoms with Crippen molar-refractivity contribution in [3.63, 3.8) is 0 Å². The molecule has 4 nitrogen and oxygen atoms in total. The zero-order chi connectivity index (χ0) is 16.2. The molecule has 120 valence electrons. The second-order valence-electron chi connectivity index (χ2n) is 5.73. The number of anilines is 1. The van der Waals surface area contributed by atoms with E-state index >= 15 is 0 Å². The predicted octanol–water partition coefficient (Wildman–Crippen LogP) is 3.14. The van der Waals surface area contributed by atoms with Crippen LogP contribution in [0.1, 0.15) is 35.7 Å². The Morgan fingerprint density at radius 1 is 1.26 bits per heavy atom. The van der Waals surface area contributed by atoms with Crippen LogP contribution in [0.4, 0.5) is 10.2 Å². The molecule has 1 aromatic carbocycles. The van der Waals surface area contributed by atoms with E-state index in [-0.39, 0.29) is 11.7 Å². The average molecular weight is 313 g/mol. The number of halogens is 1. The second kappa shape index (κ2) is 6.77. The van der Waals surface area contributed by atoms with E-state index in [0.29, 0.717) is 18.2 Å². The lowest BCUT2D eigenvalue weighted by atomic mass is 10.2. The number of aromatic nitrogens is 1. The number of hydrogen-bond acceptors (Lipinski definition) is 3. The highest BCUT2D eigenvalue weighted by Gasteiger charge is 2.28. The van der Waals surface area contributed by atoms with Gasteiger partial charge >= 0.3 is 0 Å². The monoisotopic (exact) mass is 313 g/mol. The fourth-order valence-electron chi connectivity index (χ4n) is 2.57. The van der Waals surface area contributed by atoms with E-state index in [1.165, 1.54) is 37.1 Å². The first-order chi connectivity index (χ1) is 11.2. The van der Waals surface area contributed by atoms with Crippen molar-refractivity contribution >= 4 is 11.7 Å². The molecule has 0 unspecified atom stereocenters. The zero-order valence-electron chi connectivity index (χ0n) is 13.1. The Morgan fingerprint density at radius 2 is 2.00 bits per heavy atom. The standard InChI is InChI=1S/C18H20FN3O/c1-2-22(16-8-9-16)17-10-3-13(11-20-17)12-21-18(23)14-4-6-15(19)7-5-14/h3-7,10-11,16H,2,8-9,12H2,1H3,(H,21,23). The SMILES string of the molecule is CCN(c1ccc(CNC(=O)c2ccc(F)cc2)cn1)C1CC1. The van der Waals surface area contributed by atoms with Gasteiger partial charge in [-0.3, -0.25) is 4.79 Å². The summed E-state index contributed by atoms with van der Waals surface area (Å²) >= 11 is 0. The van der Waals surface area contributed by atoms with E-state index in [4.69, 9.17) is 0 Å². The van der Waals surface area contributed by atoms with Crippen LogP contribution in [0.25, 0.3) is 0 Å². The van der Waals surface area contributed by atoms with Gasteiger partial charge in [0.2, 0.25) is 0 Å². The molecule has 1 N–H and O–H groups in total. The zero-order valence-corrected chi connectivity index (χ0v) is 13.1. The van der Waals surface area contributed by atoms with Crippen molar-refractivity contribution in [3.05, 3.63) is 59.5 Å². The third-order valence-electron chi connectivity index (χ3n) is 3.99. The van der Waals surface area contributed by atoms with Crippen LogP contribution in [0.2, 0.25) is 0 Å². The molecule has 1 heterocycles. The first-order valence-corrected chi connectivity index (χ1v) is 7.92. The number of carbonyl (C=O) groups is 1. The van der Waals surface area contributed by atoms with Crippen LogP contribution in [-0.2, 0) is 6.54 Å². The van der Waals surface area contributed by atoms with Crippen LogP contribution in [0, 0.1) is 5.82 Å². The van der Waals surface area contributed by atoms with Gasteiger partial charge in [0, 0.05) is 30.9 Å². The maximum atomic E-state index is 12.9. The highest BCUT2D eigenvalue weighted by atomic mass is 19.1. The van der Waals surface area contributed by atoms with Gasteiger partial charge in [0.15, 0.2) is 0 Å². The van der Waals surface area contributed by atoms with Gasteiger partial charge in [-0.2, -0.15) is 0 Å². The van der Waals surface area contributed by atoms with Gasteiger partial charge < -0.3 is 10.2 Å². The number of hydrogen-bond donors (Lipinski definition) is 1. The first-order valence-electron chi connectivity index (χ1n) is 7.92. The number of amides is 1. The third kappa shape index (κ3) is 3.86. The smallest absolute Gasteiger partial charge is 0.251 e. The molecule has 1 aromatic heterocycles. The molecule has 1 fully saturated rings. The molecule has 1 saturated carbocycles. The molecular weight excluding hydrogens is 293 g/mol. The third-order valence-corrected chi connectivity index (χ3v) is 3.99. The molecule has 23 heavy (non-hydrogen) atoms. The molecule has 1 aliphatic rings. The molecule has 0 radical (unpaired) electrons. The maximum Gasteiger partial charge on any atom is 0.251 e. The van der Waals surface area contributed by atoms with Crippen LogP contribution in [0.5, 0.6) is 0 Å². The van der Waals surface area contributed by atoms with Crippen LogP contribution >= 0.6 is 0 Å². The Morgan fingerprint density at radius 3 is 2.57 bits per heavy atom. The quantitative estimate of drug-likeness (QED) is 0.891. The Labute approximate surface area is 135 Å². The summed E-state index contributed by atoms with van der Waals surface area (Å²) < 4.78 is 12.9. The maximum absolute atomic E-state index is 12.9. The van der Waals surface area contributed by atoms with Gasteiger partial charge in [-0.25, -0.2) is 9.37 Å². The van der Waals surface area contributed by atoms with Crippen molar-refractivity contribution in [2.75, 3.05) is 11.4 Å². The van der Waals surface area contributed by atoms with Crippen molar-refractivity contribution in [1.82, 2.24) is 10.3 Å². The molecule has 1 aliphatic carbocycles. The highest BCUT2D eigenvalue weighted by molar-refractivity contribution is 5.94. The van der Waals surface area contributed by atoms with Crippen molar-refractivity contribution in [2.24, 2.45) is 0 Å². The molecular formula is C18H20FN3O. The molecule has 3 rings (SSSR count). The first kappa shape index (κ1) is 15.5. The molecule has 0 spiro atoms. The normalized spacial score (nSPS) is 13.7. The van der Waals surface area contributed by atoms with Gasteiger partial charge in [0.25, 0.3) is 5.91 Å². The number of carbonyl (C=O) groups excluding carboxylic acids is 1.